The van der Waals surface area contributed by atoms with Gasteiger partial charge in [-0.2, -0.15) is 0 Å². The van der Waals surface area contributed by atoms with Crippen LogP contribution in [0.25, 0.3) is 215 Å². The predicted octanol–water partition coefficient (Wildman–Crippen LogP) is 32.4. The first-order chi connectivity index (χ1) is 62.5. The Balaban J connectivity index is 0.000000104. The summed E-state index contributed by atoms with van der Waals surface area (Å²) in [6.45, 7) is 0. The van der Waals surface area contributed by atoms with Gasteiger partial charge < -0.3 is 9.47 Å². The van der Waals surface area contributed by atoms with Crippen molar-refractivity contribution < 1.29 is 0 Å². The lowest BCUT2D eigenvalue weighted by atomic mass is 9.94. The largest absolute Gasteiger partial charge is 0.311 e. The molecule has 126 heavy (non-hydrogen) atoms. The zero-order chi connectivity index (χ0) is 82.9. The molecule has 8 nitrogen and oxygen atoms in total. The molecule has 0 fully saturated rings. The standard InChI is InChI=1S/C41H25N3S.C41H27N3S.C33H20N2S/c1-3-11-27(12-4-1)43-25-42-40-37(43)24-33(31-20-21-32-30-16-8-10-18-38(30)45-41(32)39(31)40)26-19-22-36-34(23-26)29-15-7-9-17-35(29)44(36)28-13-5-2-6-14-28;1-4-12-29(13-5-1)43-27-42-40-37(43)26-36(34-24-25-35-33-18-10-11-19-38(33)45-41(35)39(34)40)28-20-22-32(23-21-28)44(30-14-6-2-7-15-30)31-16-8-3-9-17-31;1-2-10-24(11-3-1)35-20-34-32-29(35)19-28(23-15-14-21-8-4-5-9-22(21)18-23)26-16-17-27-25-12-6-7-13-30(25)36-33(27)31(26)32/h1-25H;1-27H;1-20H. The van der Waals surface area contributed by atoms with Crippen LogP contribution < -0.4 is 4.90 Å². The van der Waals surface area contributed by atoms with Gasteiger partial charge in [-0.15, -0.1) is 34.0 Å². The lowest BCUT2D eigenvalue weighted by molar-refractivity contribution is 1.09. The van der Waals surface area contributed by atoms with Crippen molar-refractivity contribution in [3.63, 3.8) is 0 Å². The van der Waals surface area contributed by atoms with E-state index >= 15 is 0 Å². The molecule has 0 atom stereocenters. The Morgan fingerprint density at radius 1 is 0.206 bits per heavy atom. The maximum atomic E-state index is 5.07. The van der Waals surface area contributed by atoms with Crippen LogP contribution >= 0.6 is 34.0 Å². The van der Waals surface area contributed by atoms with Gasteiger partial charge in [0.05, 0.1) is 44.1 Å². The molecule has 27 rings (SSSR count). The van der Waals surface area contributed by atoms with Crippen molar-refractivity contribution in [1.82, 2.24) is 33.2 Å². The Labute approximate surface area is 735 Å². The average Bonchev–Trinajstić information content (AvgIpc) is 1.54. The number of hydrogen-bond donors (Lipinski definition) is 0. The third-order valence-electron chi connectivity index (χ3n) is 25.1. The van der Waals surface area contributed by atoms with Crippen molar-refractivity contribution in [1.29, 1.82) is 0 Å². The number of thiophene rings is 3. The second kappa shape index (κ2) is 30.0. The van der Waals surface area contributed by atoms with E-state index < -0.39 is 0 Å². The fourth-order valence-electron chi connectivity index (χ4n) is 19.3. The fraction of sp³-hybridized carbons (Fsp3) is 0. The second-order valence-electron chi connectivity index (χ2n) is 32.2. The molecule has 0 aliphatic rings. The van der Waals surface area contributed by atoms with Crippen LogP contribution in [0.5, 0.6) is 0 Å². The van der Waals surface area contributed by atoms with Gasteiger partial charge in [0, 0.05) is 127 Å². The fourth-order valence-corrected chi connectivity index (χ4v) is 23.1. The number of imidazole rings is 3. The summed E-state index contributed by atoms with van der Waals surface area (Å²) in [6.07, 6.45) is 5.91. The molecule has 0 bridgehead atoms. The summed E-state index contributed by atoms with van der Waals surface area (Å²) < 4.78 is 16.8. The number of anilines is 3. The van der Waals surface area contributed by atoms with Crippen molar-refractivity contribution in [2.24, 2.45) is 0 Å². The van der Waals surface area contributed by atoms with E-state index in [0.29, 0.717) is 0 Å². The van der Waals surface area contributed by atoms with Crippen molar-refractivity contribution in [2.75, 3.05) is 4.90 Å². The van der Waals surface area contributed by atoms with E-state index in [-0.39, 0.29) is 0 Å². The molecule has 0 unspecified atom stereocenters. The van der Waals surface area contributed by atoms with E-state index in [1.54, 1.807) is 0 Å². The number of aromatic nitrogens is 7. The maximum Gasteiger partial charge on any atom is 0.100 e. The Morgan fingerprint density at radius 2 is 0.532 bits per heavy atom. The summed E-state index contributed by atoms with van der Waals surface area (Å²) in [5.74, 6) is 0. The normalized spacial score (nSPS) is 11.8. The first-order valence-electron chi connectivity index (χ1n) is 42.5. The highest BCUT2D eigenvalue weighted by molar-refractivity contribution is 7.27. The van der Waals surface area contributed by atoms with Crippen LogP contribution in [0, 0.1) is 0 Å². The lowest BCUT2D eigenvalue weighted by Gasteiger charge is -2.25. The van der Waals surface area contributed by atoms with Crippen LogP contribution in [0.3, 0.4) is 0 Å². The number of fused-ring (bicyclic) bond motifs is 25. The number of para-hydroxylation sites is 7. The van der Waals surface area contributed by atoms with Crippen molar-refractivity contribution in [3.8, 4) is 56.1 Å². The molecule has 0 spiro atoms. The molecule has 0 amide bonds. The van der Waals surface area contributed by atoms with Crippen LogP contribution in [0.15, 0.2) is 438 Å². The third-order valence-corrected chi connectivity index (χ3v) is 28.7. The molecule has 0 saturated heterocycles. The smallest absolute Gasteiger partial charge is 0.100 e. The topological polar surface area (TPSA) is 61.6 Å². The first kappa shape index (κ1) is 72.9. The van der Waals surface area contributed by atoms with Crippen LogP contribution in [-0.4, -0.2) is 33.2 Å². The molecule has 27 aromatic rings. The lowest BCUT2D eigenvalue weighted by Crippen LogP contribution is -2.09. The Morgan fingerprint density at radius 3 is 0.976 bits per heavy atom. The summed E-state index contributed by atoms with van der Waals surface area (Å²) in [7, 11) is 0. The SMILES string of the molecule is c1ccc(-n2cnc3c4c(ccc5c6ccccc6sc54)c(-c4ccc5c(c4)c4ccccc4n5-c4ccccc4)cc32)cc1.c1ccc(-n2cnc3c4c(ccc5c6ccccc6sc54)c(-c4ccc5ccccc5c4)cc32)cc1.c1ccc(N(c2ccccc2)c2ccc(-c3cc4c(ncn4-c4ccccc4)c4c3ccc3c5ccccc5sc34)cc2)cc1. The molecule has 590 valence electrons. The first-order valence-corrected chi connectivity index (χ1v) is 44.9. The minimum Gasteiger partial charge on any atom is -0.311 e. The molecule has 0 N–H and O–H groups in total. The molecule has 7 heterocycles. The summed E-state index contributed by atoms with van der Waals surface area (Å²) >= 11 is 5.60. The summed E-state index contributed by atoms with van der Waals surface area (Å²) in [4.78, 5) is 17.4. The van der Waals surface area contributed by atoms with Gasteiger partial charge in [-0.25, -0.2) is 15.0 Å². The Bertz CT molecular complexity index is 8920. The van der Waals surface area contributed by atoms with Gasteiger partial charge >= 0.3 is 0 Å². The zero-order valence-corrected chi connectivity index (χ0v) is 70.3. The van der Waals surface area contributed by atoms with Gasteiger partial charge in [0.25, 0.3) is 0 Å². The average molecular weight is 1660 g/mol. The van der Waals surface area contributed by atoms with Crippen molar-refractivity contribution >= 4 is 210 Å². The van der Waals surface area contributed by atoms with Gasteiger partial charge in [-0.05, 0) is 206 Å². The summed E-state index contributed by atoms with van der Waals surface area (Å²) in [5.41, 5.74) is 24.0. The molecular formula is C115H72N8S3. The van der Waals surface area contributed by atoms with E-state index in [2.05, 4.69) is 442 Å². The minimum atomic E-state index is 1.03. The number of benzene rings is 20. The van der Waals surface area contributed by atoms with Crippen LogP contribution in [0.2, 0.25) is 0 Å². The highest BCUT2D eigenvalue weighted by atomic mass is 32.1. The van der Waals surface area contributed by atoms with Gasteiger partial charge in [0.1, 0.15) is 19.0 Å². The monoisotopic (exact) mass is 1660 g/mol. The van der Waals surface area contributed by atoms with Gasteiger partial charge in [-0.1, -0.05) is 273 Å². The highest BCUT2D eigenvalue weighted by Crippen LogP contribution is 2.50. The quantitative estimate of drug-likeness (QED) is 0.137. The molecule has 20 aromatic carbocycles. The minimum absolute atomic E-state index is 1.03. The van der Waals surface area contributed by atoms with E-state index in [4.69, 9.17) is 15.0 Å². The molecule has 0 aliphatic carbocycles. The summed E-state index contributed by atoms with van der Waals surface area (Å²) in [6, 6.07) is 150. The van der Waals surface area contributed by atoms with Gasteiger partial charge in [0.15, 0.2) is 0 Å². The van der Waals surface area contributed by atoms with E-state index in [1.807, 2.05) is 53.0 Å². The van der Waals surface area contributed by atoms with Gasteiger partial charge in [-0.3, -0.25) is 13.7 Å². The number of rotatable bonds is 10. The van der Waals surface area contributed by atoms with Crippen LogP contribution in [0.1, 0.15) is 0 Å². The van der Waals surface area contributed by atoms with Gasteiger partial charge in [0.2, 0.25) is 0 Å². The third kappa shape index (κ3) is 12.0. The van der Waals surface area contributed by atoms with Crippen LogP contribution in [0.4, 0.5) is 17.1 Å². The van der Waals surface area contributed by atoms with Crippen LogP contribution in [-0.2, 0) is 0 Å². The molecular weight excluding hydrogens is 1590 g/mol. The second-order valence-corrected chi connectivity index (χ2v) is 35.3. The Hall–Kier alpha value is -15.9. The molecule has 0 radical (unpaired) electrons. The molecule has 7 aromatic heterocycles. The Kier molecular flexibility index (Phi) is 17.4. The van der Waals surface area contributed by atoms with E-state index in [0.717, 1.165) is 67.2 Å². The maximum absolute atomic E-state index is 5.07. The molecule has 0 saturated carbocycles. The van der Waals surface area contributed by atoms with Crippen molar-refractivity contribution in [3.05, 3.63) is 438 Å². The zero-order valence-electron chi connectivity index (χ0n) is 67.9. The summed E-state index contributed by atoms with van der Waals surface area (Å²) in [5, 5.41) is 20.2. The number of nitrogens with zero attached hydrogens (tertiary/aromatic N) is 8. The van der Waals surface area contributed by atoms with E-state index in [1.165, 1.54) is 164 Å². The number of hydrogen-bond acceptors (Lipinski definition) is 7. The predicted molar refractivity (Wildman–Crippen MR) is 537 cm³/mol. The van der Waals surface area contributed by atoms with E-state index in [9.17, 15) is 0 Å². The van der Waals surface area contributed by atoms with Crippen molar-refractivity contribution in [2.45, 2.75) is 0 Å². The molecule has 11 heteroatoms. The molecule has 0 aliphatic heterocycles. The highest BCUT2D eigenvalue weighted by Gasteiger charge is 2.25.